The fourth-order valence-electron chi connectivity index (χ4n) is 2.47. The summed E-state index contributed by atoms with van der Waals surface area (Å²) in [5.41, 5.74) is 1.69. The molecule has 0 radical (unpaired) electrons. The molecule has 2 aromatic carbocycles. The van der Waals surface area contributed by atoms with Crippen molar-refractivity contribution in [2.24, 2.45) is 7.05 Å². The van der Waals surface area contributed by atoms with E-state index in [-0.39, 0.29) is 5.91 Å². The lowest BCUT2D eigenvalue weighted by Gasteiger charge is -2.09. The maximum Gasteiger partial charge on any atom is 0.225 e. The monoisotopic (exact) mass is 368 g/mol. The largest absolute Gasteiger partial charge is 0.495 e. The molecule has 3 aromatic rings. The van der Waals surface area contributed by atoms with Crippen molar-refractivity contribution >= 4 is 23.4 Å². The quantitative estimate of drug-likeness (QED) is 0.645. The molecule has 1 aromatic heterocycles. The summed E-state index contributed by atoms with van der Waals surface area (Å²) in [6, 6.07) is 17.3. The minimum atomic E-state index is -0.0625. The fraction of sp³-hybridized carbons (Fsp3) is 0.211. The van der Waals surface area contributed by atoms with Gasteiger partial charge in [0.05, 0.1) is 12.8 Å². The molecule has 1 N–H and O–H groups in total. The molecular formula is C19H20N4O2S. The molecule has 0 fully saturated rings. The van der Waals surface area contributed by atoms with Gasteiger partial charge in [-0.25, -0.2) is 0 Å². The molecule has 0 spiro atoms. The zero-order valence-corrected chi connectivity index (χ0v) is 15.5. The molecule has 0 aliphatic heterocycles. The van der Waals surface area contributed by atoms with Crippen LogP contribution in [0.3, 0.4) is 0 Å². The normalized spacial score (nSPS) is 10.5. The summed E-state index contributed by atoms with van der Waals surface area (Å²) in [6.07, 6.45) is 0.371. The number of amides is 1. The molecule has 0 atom stereocenters. The minimum Gasteiger partial charge on any atom is -0.495 e. The van der Waals surface area contributed by atoms with E-state index in [1.807, 2.05) is 66.2 Å². The van der Waals surface area contributed by atoms with E-state index in [0.717, 1.165) is 16.5 Å². The van der Waals surface area contributed by atoms with Crippen molar-refractivity contribution in [2.75, 3.05) is 18.2 Å². The molecule has 6 nitrogen and oxygen atoms in total. The smallest absolute Gasteiger partial charge is 0.225 e. The van der Waals surface area contributed by atoms with E-state index < -0.39 is 0 Å². The van der Waals surface area contributed by atoms with Crippen LogP contribution in [0.1, 0.15) is 6.42 Å². The Bertz CT molecular complexity index is 880. The first-order chi connectivity index (χ1) is 12.7. The van der Waals surface area contributed by atoms with Gasteiger partial charge in [-0.3, -0.25) is 4.79 Å². The number of carbonyl (C=O) groups excluding carboxylic acids is 1. The first-order valence-corrected chi connectivity index (χ1v) is 9.18. The Hall–Kier alpha value is -2.80. The van der Waals surface area contributed by atoms with Crippen LogP contribution in [0.2, 0.25) is 0 Å². The number of thioether (sulfide) groups is 1. The van der Waals surface area contributed by atoms with Crippen LogP contribution in [-0.2, 0) is 11.8 Å². The van der Waals surface area contributed by atoms with E-state index in [9.17, 15) is 4.79 Å². The summed E-state index contributed by atoms with van der Waals surface area (Å²) in [7, 11) is 3.51. The molecule has 0 aliphatic rings. The van der Waals surface area contributed by atoms with Gasteiger partial charge in [-0.05, 0) is 12.1 Å². The van der Waals surface area contributed by atoms with Crippen LogP contribution in [-0.4, -0.2) is 33.5 Å². The van der Waals surface area contributed by atoms with Crippen LogP contribution >= 0.6 is 11.8 Å². The van der Waals surface area contributed by atoms with Crippen LogP contribution in [0.5, 0.6) is 5.75 Å². The molecule has 0 unspecified atom stereocenters. The number of nitrogens with zero attached hydrogens (tertiary/aromatic N) is 3. The fourth-order valence-corrected chi connectivity index (χ4v) is 3.32. The van der Waals surface area contributed by atoms with Gasteiger partial charge in [0.15, 0.2) is 11.0 Å². The number of hydrogen-bond acceptors (Lipinski definition) is 5. The maximum absolute atomic E-state index is 12.2. The second-order valence-electron chi connectivity index (χ2n) is 5.58. The van der Waals surface area contributed by atoms with Crippen LogP contribution in [0, 0.1) is 0 Å². The van der Waals surface area contributed by atoms with E-state index in [2.05, 4.69) is 15.5 Å². The van der Waals surface area contributed by atoms with Crippen LogP contribution in [0.15, 0.2) is 59.8 Å². The molecule has 1 heterocycles. The second kappa shape index (κ2) is 8.53. The maximum atomic E-state index is 12.2. The Morgan fingerprint density at radius 1 is 1.12 bits per heavy atom. The third kappa shape index (κ3) is 4.23. The Morgan fingerprint density at radius 3 is 2.62 bits per heavy atom. The van der Waals surface area contributed by atoms with Crippen molar-refractivity contribution in [3.05, 3.63) is 54.6 Å². The van der Waals surface area contributed by atoms with E-state index in [1.54, 1.807) is 7.11 Å². The molecule has 0 saturated heterocycles. The summed E-state index contributed by atoms with van der Waals surface area (Å²) < 4.78 is 7.18. The highest BCUT2D eigenvalue weighted by Crippen LogP contribution is 2.25. The van der Waals surface area contributed by atoms with Crippen molar-refractivity contribution in [2.45, 2.75) is 11.6 Å². The van der Waals surface area contributed by atoms with Crippen LogP contribution in [0.4, 0.5) is 5.69 Å². The SMILES string of the molecule is COc1ccccc1NC(=O)CCSc1nnc(-c2ccccc2)n1C. The topological polar surface area (TPSA) is 69.0 Å². The molecular weight excluding hydrogens is 348 g/mol. The molecule has 26 heavy (non-hydrogen) atoms. The minimum absolute atomic E-state index is 0.0625. The predicted octanol–water partition coefficient (Wildman–Crippen LogP) is 3.61. The summed E-state index contributed by atoms with van der Waals surface area (Å²) in [5, 5.41) is 12.1. The lowest BCUT2D eigenvalue weighted by Crippen LogP contribution is -2.13. The number of methoxy groups -OCH3 is 1. The Morgan fingerprint density at radius 2 is 1.85 bits per heavy atom. The number of nitrogens with one attached hydrogen (secondary N) is 1. The molecule has 3 rings (SSSR count). The third-order valence-corrected chi connectivity index (χ3v) is 4.83. The van der Waals surface area contributed by atoms with Crippen molar-refractivity contribution < 1.29 is 9.53 Å². The zero-order valence-electron chi connectivity index (χ0n) is 14.7. The summed E-state index contributed by atoms with van der Waals surface area (Å²) >= 11 is 1.51. The number of hydrogen-bond donors (Lipinski definition) is 1. The highest BCUT2D eigenvalue weighted by Gasteiger charge is 2.12. The zero-order chi connectivity index (χ0) is 18.4. The first kappa shape index (κ1) is 18.0. The number of aromatic nitrogens is 3. The van der Waals surface area contributed by atoms with Gasteiger partial charge >= 0.3 is 0 Å². The number of rotatable bonds is 7. The van der Waals surface area contributed by atoms with Gasteiger partial charge in [-0.2, -0.15) is 0 Å². The molecule has 134 valence electrons. The van der Waals surface area contributed by atoms with Crippen LogP contribution < -0.4 is 10.1 Å². The molecule has 0 aliphatic carbocycles. The average Bonchev–Trinajstić information content (AvgIpc) is 3.03. The number of benzene rings is 2. The van der Waals surface area contributed by atoms with Gasteiger partial charge < -0.3 is 14.6 Å². The van der Waals surface area contributed by atoms with E-state index in [1.165, 1.54) is 11.8 Å². The van der Waals surface area contributed by atoms with Gasteiger partial charge in [0, 0.05) is 24.8 Å². The first-order valence-electron chi connectivity index (χ1n) is 8.19. The highest BCUT2D eigenvalue weighted by atomic mass is 32.2. The van der Waals surface area contributed by atoms with Gasteiger partial charge in [0.2, 0.25) is 5.91 Å². The van der Waals surface area contributed by atoms with Crippen molar-refractivity contribution in [3.63, 3.8) is 0 Å². The lowest BCUT2D eigenvalue weighted by atomic mass is 10.2. The van der Waals surface area contributed by atoms with Crippen LogP contribution in [0.25, 0.3) is 11.4 Å². The Kier molecular flexibility index (Phi) is 5.91. The van der Waals surface area contributed by atoms with E-state index in [4.69, 9.17) is 4.74 Å². The predicted molar refractivity (Wildman–Crippen MR) is 103 cm³/mol. The molecule has 7 heteroatoms. The number of ether oxygens (including phenoxy) is 1. The lowest BCUT2D eigenvalue weighted by molar-refractivity contribution is -0.115. The molecule has 0 bridgehead atoms. The molecule has 0 saturated carbocycles. The number of anilines is 1. The van der Waals surface area contributed by atoms with E-state index >= 15 is 0 Å². The van der Waals surface area contributed by atoms with Crippen molar-refractivity contribution in [1.82, 2.24) is 14.8 Å². The third-order valence-electron chi connectivity index (χ3n) is 3.81. The highest BCUT2D eigenvalue weighted by molar-refractivity contribution is 7.99. The summed E-state index contributed by atoms with van der Waals surface area (Å²) in [5.74, 6) is 2.01. The Balaban J connectivity index is 1.55. The van der Waals surface area contributed by atoms with Gasteiger partial charge in [-0.1, -0.05) is 54.2 Å². The van der Waals surface area contributed by atoms with Crippen molar-refractivity contribution in [1.29, 1.82) is 0 Å². The average molecular weight is 368 g/mol. The Labute approximate surface area is 156 Å². The van der Waals surface area contributed by atoms with Gasteiger partial charge in [0.25, 0.3) is 0 Å². The number of carbonyl (C=O) groups is 1. The van der Waals surface area contributed by atoms with Gasteiger partial charge in [-0.15, -0.1) is 10.2 Å². The van der Waals surface area contributed by atoms with E-state index in [0.29, 0.717) is 23.6 Å². The standard InChI is InChI=1S/C19H20N4O2S/c1-23-18(14-8-4-3-5-9-14)21-22-19(23)26-13-12-17(24)20-15-10-6-7-11-16(15)25-2/h3-11H,12-13H2,1-2H3,(H,20,24). The molecule has 1 amide bonds. The van der Waals surface area contributed by atoms with Crippen molar-refractivity contribution in [3.8, 4) is 17.1 Å². The summed E-state index contributed by atoms with van der Waals surface area (Å²) in [4.78, 5) is 12.2. The van der Waals surface area contributed by atoms with Gasteiger partial charge in [0.1, 0.15) is 5.75 Å². The summed E-state index contributed by atoms with van der Waals surface area (Å²) in [6.45, 7) is 0. The second-order valence-corrected chi connectivity index (χ2v) is 6.64. The number of para-hydroxylation sites is 2.